The minimum atomic E-state index is -0.285. The number of nitrogens with zero attached hydrogens (tertiary/aromatic N) is 4. The van der Waals surface area contributed by atoms with Crippen LogP contribution in [0.1, 0.15) is 43.5 Å². The summed E-state index contributed by atoms with van der Waals surface area (Å²) in [5.74, 6) is 1.43. The summed E-state index contributed by atoms with van der Waals surface area (Å²) in [5, 5.41) is 8.37. The Morgan fingerprint density at radius 2 is 2.16 bits per heavy atom. The molecule has 3 aromatic rings. The Labute approximate surface area is 145 Å². The number of aryl methyl sites for hydroxylation is 2. The highest BCUT2D eigenvalue weighted by Gasteiger charge is 2.24. The molecule has 3 rings (SSSR count). The van der Waals surface area contributed by atoms with E-state index in [-0.39, 0.29) is 17.9 Å². The lowest BCUT2D eigenvalue weighted by atomic mass is 10.0. The van der Waals surface area contributed by atoms with E-state index in [1.807, 2.05) is 27.7 Å². The molecule has 8 nitrogen and oxygen atoms in total. The van der Waals surface area contributed by atoms with Crippen LogP contribution in [0, 0.1) is 19.8 Å². The number of carbonyl (C=O) groups excluding carboxylic acids is 1. The smallest absolute Gasteiger partial charge is 0.231 e. The predicted molar refractivity (Wildman–Crippen MR) is 92.2 cm³/mol. The molecule has 0 aliphatic heterocycles. The first-order valence-corrected chi connectivity index (χ1v) is 8.31. The molecule has 0 saturated heterocycles. The first-order valence-electron chi connectivity index (χ1n) is 8.31. The third-order valence-corrected chi connectivity index (χ3v) is 4.32. The van der Waals surface area contributed by atoms with Gasteiger partial charge in [0, 0.05) is 19.1 Å². The van der Waals surface area contributed by atoms with Crippen LogP contribution in [0.2, 0.25) is 0 Å². The van der Waals surface area contributed by atoms with Crippen LogP contribution in [0.15, 0.2) is 10.7 Å². The number of furan rings is 1. The molecule has 0 fully saturated rings. The number of aromatic nitrogens is 4. The molecule has 1 N–H and O–H groups in total. The summed E-state index contributed by atoms with van der Waals surface area (Å²) in [4.78, 5) is 21.1. The lowest BCUT2D eigenvalue weighted by Gasteiger charge is -2.19. The van der Waals surface area contributed by atoms with E-state index in [1.165, 1.54) is 0 Å². The highest BCUT2D eigenvalue weighted by atomic mass is 16.5. The molecule has 0 spiro atoms. The van der Waals surface area contributed by atoms with Gasteiger partial charge in [-0.1, -0.05) is 13.8 Å². The van der Waals surface area contributed by atoms with Gasteiger partial charge in [0.1, 0.15) is 12.1 Å². The Kier molecular flexibility index (Phi) is 4.71. The molecular formula is C17H23N5O3. The minimum Gasteiger partial charge on any atom is -0.443 e. The molecule has 134 valence electrons. The van der Waals surface area contributed by atoms with Crippen molar-refractivity contribution in [2.45, 2.75) is 40.2 Å². The zero-order valence-electron chi connectivity index (χ0n) is 15.2. The summed E-state index contributed by atoms with van der Waals surface area (Å²) in [6, 6.07) is -0.285. The molecule has 25 heavy (non-hydrogen) atoms. The number of carbonyl (C=O) groups is 1. The third kappa shape index (κ3) is 3.21. The van der Waals surface area contributed by atoms with Gasteiger partial charge in [0.05, 0.1) is 18.0 Å². The number of methoxy groups -OCH3 is 1. The molecule has 1 amide bonds. The van der Waals surface area contributed by atoms with Gasteiger partial charge in [-0.2, -0.15) is 0 Å². The lowest BCUT2D eigenvalue weighted by molar-refractivity contribution is -0.123. The fraction of sp³-hybridized carbons (Fsp3) is 0.529. The van der Waals surface area contributed by atoms with Crippen LogP contribution < -0.4 is 5.32 Å². The van der Waals surface area contributed by atoms with Crippen LogP contribution in [0.5, 0.6) is 0 Å². The standard InChI is InChI=1S/C17H23N5O3/c1-9(2)14(19-12(23)6-7-24-5)15-20-16-13-10(3)11(4)25-17(13)18-8-22(16)21-15/h8-9,14H,6-7H2,1-5H3,(H,19,23). The molecule has 0 aliphatic rings. The van der Waals surface area contributed by atoms with Gasteiger partial charge in [-0.3, -0.25) is 4.79 Å². The Hall–Kier alpha value is -2.48. The Morgan fingerprint density at radius 3 is 2.84 bits per heavy atom. The predicted octanol–water partition coefficient (Wildman–Crippen LogP) is 2.34. The van der Waals surface area contributed by atoms with E-state index in [0.717, 1.165) is 16.7 Å². The number of rotatable bonds is 6. The zero-order chi connectivity index (χ0) is 18.1. The number of hydrogen-bond acceptors (Lipinski definition) is 6. The van der Waals surface area contributed by atoms with Gasteiger partial charge in [0.25, 0.3) is 0 Å². The molecule has 3 aromatic heterocycles. The van der Waals surface area contributed by atoms with Crippen molar-refractivity contribution in [1.29, 1.82) is 0 Å². The summed E-state index contributed by atoms with van der Waals surface area (Å²) in [6.07, 6.45) is 1.89. The summed E-state index contributed by atoms with van der Waals surface area (Å²) < 4.78 is 12.2. The maximum absolute atomic E-state index is 12.1. The molecule has 0 bridgehead atoms. The van der Waals surface area contributed by atoms with E-state index in [2.05, 4.69) is 20.4 Å². The van der Waals surface area contributed by atoms with Crippen molar-refractivity contribution in [1.82, 2.24) is 24.9 Å². The number of fused-ring (bicyclic) bond motifs is 3. The molecule has 1 atom stereocenters. The molecule has 0 saturated carbocycles. The second kappa shape index (κ2) is 6.79. The Balaban J connectivity index is 2.01. The third-order valence-electron chi connectivity index (χ3n) is 4.32. The molecule has 0 radical (unpaired) electrons. The van der Waals surface area contributed by atoms with Gasteiger partial charge < -0.3 is 14.5 Å². The molecule has 8 heteroatoms. The van der Waals surface area contributed by atoms with Crippen molar-refractivity contribution >= 4 is 22.7 Å². The summed E-state index contributed by atoms with van der Waals surface area (Å²) in [6.45, 7) is 8.30. The van der Waals surface area contributed by atoms with Gasteiger partial charge in [-0.25, -0.2) is 14.5 Å². The first kappa shape index (κ1) is 17.3. The van der Waals surface area contributed by atoms with E-state index in [1.54, 1.807) is 18.0 Å². The van der Waals surface area contributed by atoms with E-state index in [0.29, 0.717) is 30.2 Å². The zero-order valence-corrected chi connectivity index (χ0v) is 15.2. The molecule has 1 unspecified atom stereocenters. The molecule has 0 aromatic carbocycles. The van der Waals surface area contributed by atoms with Crippen LogP contribution >= 0.6 is 0 Å². The second-order valence-corrected chi connectivity index (χ2v) is 6.48. The average molecular weight is 345 g/mol. The highest BCUT2D eigenvalue weighted by molar-refractivity contribution is 5.91. The number of nitrogens with one attached hydrogen (secondary N) is 1. The van der Waals surface area contributed by atoms with Gasteiger partial charge in [-0.15, -0.1) is 5.10 Å². The fourth-order valence-electron chi connectivity index (χ4n) is 2.76. The van der Waals surface area contributed by atoms with Crippen molar-refractivity contribution in [3.8, 4) is 0 Å². The van der Waals surface area contributed by atoms with Crippen molar-refractivity contribution in [2.75, 3.05) is 13.7 Å². The van der Waals surface area contributed by atoms with Gasteiger partial charge in [-0.05, 0) is 19.8 Å². The fourth-order valence-corrected chi connectivity index (χ4v) is 2.76. The summed E-state index contributed by atoms with van der Waals surface area (Å²) in [7, 11) is 1.57. The maximum atomic E-state index is 12.1. The van der Waals surface area contributed by atoms with Crippen molar-refractivity contribution in [3.63, 3.8) is 0 Å². The second-order valence-electron chi connectivity index (χ2n) is 6.48. The van der Waals surface area contributed by atoms with Gasteiger partial charge >= 0.3 is 0 Å². The topological polar surface area (TPSA) is 94.5 Å². The van der Waals surface area contributed by atoms with Crippen LogP contribution in [0.4, 0.5) is 0 Å². The van der Waals surface area contributed by atoms with E-state index in [9.17, 15) is 4.79 Å². The maximum Gasteiger partial charge on any atom is 0.231 e. The summed E-state index contributed by atoms with van der Waals surface area (Å²) in [5.41, 5.74) is 2.23. The quantitative estimate of drug-likeness (QED) is 0.737. The van der Waals surface area contributed by atoms with Crippen molar-refractivity contribution in [2.24, 2.45) is 5.92 Å². The minimum absolute atomic E-state index is 0.0852. The number of ether oxygens (including phenoxy) is 1. The van der Waals surface area contributed by atoms with E-state index in [4.69, 9.17) is 9.15 Å². The first-order chi connectivity index (χ1) is 11.9. The van der Waals surface area contributed by atoms with Crippen LogP contribution in [-0.2, 0) is 9.53 Å². The Morgan fingerprint density at radius 1 is 1.40 bits per heavy atom. The molecule has 0 aliphatic carbocycles. The van der Waals surface area contributed by atoms with Crippen molar-refractivity contribution in [3.05, 3.63) is 23.5 Å². The summed E-state index contributed by atoms with van der Waals surface area (Å²) >= 11 is 0. The highest BCUT2D eigenvalue weighted by Crippen LogP contribution is 2.27. The molecular weight excluding hydrogens is 322 g/mol. The monoisotopic (exact) mass is 345 g/mol. The number of amides is 1. The lowest BCUT2D eigenvalue weighted by Crippen LogP contribution is -2.33. The number of hydrogen-bond donors (Lipinski definition) is 1. The molecule has 3 heterocycles. The Bertz CT molecular complexity index is 912. The van der Waals surface area contributed by atoms with Gasteiger partial charge in [0.2, 0.25) is 11.6 Å². The SMILES string of the molecule is COCCC(=O)NC(c1nc2c3c(C)c(C)oc3ncn2n1)C(C)C. The average Bonchev–Trinajstić information content (AvgIpc) is 3.11. The largest absolute Gasteiger partial charge is 0.443 e. The van der Waals surface area contributed by atoms with Crippen LogP contribution in [-0.4, -0.2) is 39.2 Å². The van der Waals surface area contributed by atoms with Crippen molar-refractivity contribution < 1.29 is 13.9 Å². The normalized spacial score (nSPS) is 13.0. The van der Waals surface area contributed by atoms with E-state index < -0.39 is 0 Å². The van der Waals surface area contributed by atoms with Gasteiger partial charge in [0.15, 0.2) is 11.5 Å². The van der Waals surface area contributed by atoms with Crippen LogP contribution in [0.3, 0.4) is 0 Å². The van der Waals surface area contributed by atoms with Crippen LogP contribution in [0.25, 0.3) is 16.7 Å². The van der Waals surface area contributed by atoms with E-state index >= 15 is 0 Å².